The third-order valence-electron chi connectivity index (χ3n) is 3.59. The molecular weight excluding hydrogens is 198 g/mol. The molecule has 16 heavy (non-hydrogen) atoms. The maximum absolute atomic E-state index is 6.26. The van der Waals surface area contributed by atoms with Gasteiger partial charge in [-0.3, -0.25) is 0 Å². The van der Waals surface area contributed by atoms with Crippen molar-refractivity contribution >= 4 is 0 Å². The number of benzene rings is 1. The number of aryl methyl sites for hydroxylation is 1. The lowest BCUT2D eigenvalue weighted by Gasteiger charge is -2.19. The van der Waals surface area contributed by atoms with E-state index < -0.39 is 0 Å². The van der Waals surface area contributed by atoms with Crippen molar-refractivity contribution in [1.82, 2.24) is 0 Å². The van der Waals surface area contributed by atoms with Gasteiger partial charge in [0.2, 0.25) is 0 Å². The molecule has 1 heterocycles. The number of hydrogen-bond acceptors (Lipinski definition) is 2. The number of rotatable bonds is 3. The molecule has 0 saturated carbocycles. The van der Waals surface area contributed by atoms with Crippen molar-refractivity contribution < 1.29 is 4.74 Å². The molecule has 88 valence electrons. The highest BCUT2D eigenvalue weighted by molar-refractivity contribution is 5.35. The fourth-order valence-electron chi connectivity index (χ4n) is 2.42. The minimum absolute atomic E-state index is 0.114. The summed E-state index contributed by atoms with van der Waals surface area (Å²) in [5.41, 5.74) is 10.2. The molecule has 2 heteroatoms. The zero-order chi connectivity index (χ0) is 11.5. The van der Waals surface area contributed by atoms with Gasteiger partial charge in [0.25, 0.3) is 0 Å². The van der Waals surface area contributed by atoms with Gasteiger partial charge in [-0.05, 0) is 49.8 Å². The molecule has 2 unspecified atom stereocenters. The highest BCUT2D eigenvalue weighted by Crippen LogP contribution is 2.26. The van der Waals surface area contributed by atoms with Crippen LogP contribution in [0.25, 0.3) is 0 Å². The third kappa shape index (κ3) is 2.45. The molecule has 2 nitrogen and oxygen atoms in total. The van der Waals surface area contributed by atoms with Crippen LogP contribution in [0.1, 0.15) is 42.0 Å². The zero-order valence-electron chi connectivity index (χ0n) is 10.2. The van der Waals surface area contributed by atoms with E-state index in [1.54, 1.807) is 0 Å². The summed E-state index contributed by atoms with van der Waals surface area (Å²) in [6, 6.07) is 6.48. The van der Waals surface area contributed by atoms with Crippen molar-refractivity contribution in [3.05, 3.63) is 34.9 Å². The Balaban J connectivity index is 2.07. The second kappa shape index (κ2) is 4.98. The van der Waals surface area contributed by atoms with Crippen molar-refractivity contribution in [3.63, 3.8) is 0 Å². The van der Waals surface area contributed by atoms with E-state index in [0.717, 1.165) is 13.0 Å². The first-order valence-corrected chi connectivity index (χ1v) is 6.12. The van der Waals surface area contributed by atoms with Crippen LogP contribution in [0.3, 0.4) is 0 Å². The lowest BCUT2D eigenvalue weighted by Crippen LogP contribution is -2.19. The molecule has 2 atom stereocenters. The molecule has 1 aliphatic rings. The van der Waals surface area contributed by atoms with E-state index in [4.69, 9.17) is 10.5 Å². The molecule has 0 amide bonds. The lowest BCUT2D eigenvalue weighted by molar-refractivity contribution is 0.0983. The van der Waals surface area contributed by atoms with E-state index in [1.165, 1.54) is 29.5 Å². The molecule has 1 aromatic carbocycles. The van der Waals surface area contributed by atoms with Crippen LogP contribution >= 0.6 is 0 Å². The number of nitrogens with two attached hydrogens (primary N) is 1. The van der Waals surface area contributed by atoms with Gasteiger partial charge in [0, 0.05) is 12.6 Å². The largest absolute Gasteiger partial charge is 0.378 e. The van der Waals surface area contributed by atoms with Gasteiger partial charge in [0.15, 0.2) is 0 Å². The molecule has 0 aliphatic carbocycles. The predicted octanol–water partition coefficient (Wildman–Crippen LogP) is 2.87. The van der Waals surface area contributed by atoms with Gasteiger partial charge in [0.1, 0.15) is 0 Å². The van der Waals surface area contributed by atoms with E-state index in [-0.39, 0.29) is 6.04 Å². The van der Waals surface area contributed by atoms with Crippen molar-refractivity contribution in [1.29, 1.82) is 0 Å². The first kappa shape index (κ1) is 11.6. The number of ether oxygens (including phenoxy) is 1. The quantitative estimate of drug-likeness (QED) is 0.848. The second-order valence-electron chi connectivity index (χ2n) is 4.77. The average Bonchev–Trinajstić information content (AvgIpc) is 2.74. The molecule has 1 fully saturated rings. The third-order valence-corrected chi connectivity index (χ3v) is 3.59. The van der Waals surface area contributed by atoms with Crippen LogP contribution in [0.15, 0.2) is 18.2 Å². The van der Waals surface area contributed by atoms with E-state index in [9.17, 15) is 0 Å². The molecule has 1 aliphatic heterocycles. The van der Waals surface area contributed by atoms with Gasteiger partial charge in [-0.2, -0.15) is 0 Å². The van der Waals surface area contributed by atoms with Crippen LogP contribution in [0, 0.1) is 13.8 Å². The van der Waals surface area contributed by atoms with E-state index >= 15 is 0 Å². The summed E-state index contributed by atoms with van der Waals surface area (Å²) in [6.45, 7) is 5.20. The summed E-state index contributed by atoms with van der Waals surface area (Å²) in [6.07, 6.45) is 3.67. The van der Waals surface area contributed by atoms with Gasteiger partial charge in [-0.25, -0.2) is 0 Å². The van der Waals surface area contributed by atoms with Gasteiger partial charge in [0.05, 0.1) is 6.10 Å². The normalized spacial score (nSPS) is 22.3. The molecule has 0 aromatic heterocycles. The fraction of sp³-hybridized carbons (Fsp3) is 0.571. The summed E-state index contributed by atoms with van der Waals surface area (Å²) in [5.74, 6) is 0. The Labute approximate surface area is 97.8 Å². The van der Waals surface area contributed by atoms with E-state index in [1.807, 2.05) is 0 Å². The van der Waals surface area contributed by atoms with Crippen LogP contribution < -0.4 is 5.73 Å². The molecule has 2 N–H and O–H groups in total. The topological polar surface area (TPSA) is 35.2 Å². The van der Waals surface area contributed by atoms with Crippen molar-refractivity contribution in [2.24, 2.45) is 5.73 Å². The molecule has 0 bridgehead atoms. The maximum atomic E-state index is 6.26. The van der Waals surface area contributed by atoms with Gasteiger partial charge in [-0.15, -0.1) is 0 Å². The van der Waals surface area contributed by atoms with Crippen LogP contribution in [0.4, 0.5) is 0 Å². The summed E-state index contributed by atoms with van der Waals surface area (Å²) >= 11 is 0. The SMILES string of the molecule is Cc1cccc(C(N)CC2CCCO2)c1C. The Morgan fingerprint density at radius 1 is 1.44 bits per heavy atom. The molecule has 0 radical (unpaired) electrons. The van der Waals surface area contributed by atoms with Crippen molar-refractivity contribution in [2.45, 2.75) is 45.3 Å². The van der Waals surface area contributed by atoms with E-state index in [0.29, 0.717) is 6.10 Å². The molecular formula is C14H21NO. The van der Waals surface area contributed by atoms with Crippen LogP contribution in [-0.4, -0.2) is 12.7 Å². The monoisotopic (exact) mass is 219 g/mol. The highest BCUT2D eigenvalue weighted by Gasteiger charge is 2.20. The van der Waals surface area contributed by atoms with Crippen LogP contribution in [-0.2, 0) is 4.74 Å². The Morgan fingerprint density at radius 2 is 2.25 bits per heavy atom. The lowest BCUT2D eigenvalue weighted by atomic mass is 9.94. The van der Waals surface area contributed by atoms with Crippen molar-refractivity contribution in [3.8, 4) is 0 Å². The molecule has 1 saturated heterocycles. The molecule has 1 aromatic rings. The summed E-state index contributed by atoms with van der Waals surface area (Å²) in [5, 5.41) is 0. The van der Waals surface area contributed by atoms with Gasteiger partial charge >= 0.3 is 0 Å². The van der Waals surface area contributed by atoms with Gasteiger partial charge in [-0.1, -0.05) is 18.2 Å². The Kier molecular flexibility index (Phi) is 3.62. The van der Waals surface area contributed by atoms with E-state index in [2.05, 4.69) is 32.0 Å². The maximum Gasteiger partial charge on any atom is 0.0594 e. The van der Waals surface area contributed by atoms with Crippen LogP contribution in [0.2, 0.25) is 0 Å². The first-order chi connectivity index (χ1) is 7.68. The Bertz CT molecular complexity index is 356. The fourth-order valence-corrected chi connectivity index (χ4v) is 2.42. The smallest absolute Gasteiger partial charge is 0.0594 e. The summed E-state index contributed by atoms with van der Waals surface area (Å²) in [4.78, 5) is 0. The average molecular weight is 219 g/mol. The summed E-state index contributed by atoms with van der Waals surface area (Å²) < 4.78 is 5.64. The predicted molar refractivity (Wildman–Crippen MR) is 66.4 cm³/mol. The summed E-state index contributed by atoms with van der Waals surface area (Å²) in [7, 11) is 0. The highest BCUT2D eigenvalue weighted by atomic mass is 16.5. The Hall–Kier alpha value is -0.860. The Morgan fingerprint density at radius 3 is 2.94 bits per heavy atom. The molecule has 2 rings (SSSR count). The minimum Gasteiger partial charge on any atom is -0.378 e. The minimum atomic E-state index is 0.114. The molecule has 0 spiro atoms. The second-order valence-corrected chi connectivity index (χ2v) is 4.77. The van der Waals surface area contributed by atoms with Gasteiger partial charge < -0.3 is 10.5 Å². The zero-order valence-corrected chi connectivity index (χ0v) is 10.2. The van der Waals surface area contributed by atoms with Crippen LogP contribution in [0.5, 0.6) is 0 Å². The standard InChI is InChI=1S/C14H21NO/c1-10-5-3-7-13(11(10)2)14(15)9-12-6-4-8-16-12/h3,5,7,12,14H,4,6,8-9,15H2,1-2H3. The van der Waals surface area contributed by atoms with Crippen molar-refractivity contribution in [2.75, 3.05) is 6.61 Å². The number of hydrogen-bond donors (Lipinski definition) is 1. The first-order valence-electron chi connectivity index (χ1n) is 6.12.